The molecule has 1 aliphatic carbocycles. The van der Waals surface area contributed by atoms with E-state index < -0.39 is 0 Å². The van der Waals surface area contributed by atoms with Crippen LogP contribution in [-0.2, 0) is 6.42 Å². The zero-order valence-corrected chi connectivity index (χ0v) is 11.4. The summed E-state index contributed by atoms with van der Waals surface area (Å²) in [6.07, 6.45) is 4.70. The van der Waals surface area contributed by atoms with Gasteiger partial charge in [-0.25, -0.2) is 0 Å². The molecule has 0 unspecified atom stereocenters. The van der Waals surface area contributed by atoms with Gasteiger partial charge in [-0.3, -0.25) is 0 Å². The Morgan fingerprint density at radius 1 is 1.26 bits per heavy atom. The van der Waals surface area contributed by atoms with Crippen LogP contribution in [0, 0.1) is 5.92 Å². The van der Waals surface area contributed by atoms with E-state index in [1.165, 1.54) is 12.8 Å². The van der Waals surface area contributed by atoms with Crippen LogP contribution in [0.1, 0.15) is 24.8 Å². The van der Waals surface area contributed by atoms with Gasteiger partial charge in [-0.05, 0) is 38.6 Å². The van der Waals surface area contributed by atoms with E-state index >= 15 is 0 Å². The Bertz CT molecular complexity index is 470. The van der Waals surface area contributed by atoms with Crippen molar-refractivity contribution in [1.29, 1.82) is 0 Å². The lowest BCUT2D eigenvalue weighted by Crippen LogP contribution is -2.30. The second-order valence-electron chi connectivity index (χ2n) is 5.64. The lowest BCUT2D eigenvalue weighted by molar-refractivity contribution is 0.616. The van der Waals surface area contributed by atoms with Crippen LogP contribution in [0.5, 0.6) is 0 Å². The monoisotopic (exact) mass is 262 g/mol. The van der Waals surface area contributed by atoms with Crippen molar-refractivity contribution in [3.63, 3.8) is 0 Å². The molecule has 0 amide bonds. The summed E-state index contributed by atoms with van der Waals surface area (Å²) in [5.41, 5.74) is 12.9. The summed E-state index contributed by atoms with van der Waals surface area (Å²) in [5.74, 6) is 2.55. The summed E-state index contributed by atoms with van der Waals surface area (Å²) in [4.78, 5) is 10.9. The minimum Gasteiger partial charge on any atom is -0.383 e. The predicted octanol–water partition coefficient (Wildman–Crippen LogP) is 0.392. The molecule has 1 aliphatic heterocycles. The molecule has 1 aromatic heterocycles. The van der Waals surface area contributed by atoms with Crippen molar-refractivity contribution in [3.8, 4) is 0 Å². The van der Waals surface area contributed by atoms with Crippen LogP contribution in [0.15, 0.2) is 0 Å². The molecule has 3 rings (SSSR count). The highest BCUT2D eigenvalue weighted by Gasteiger charge is 2.29. The molecule has 0 bridgehead atoms. The number of nitrogens with zero attached hydrogens (tertiary/aromatic N) is 3. The zero-order chi connectivity index (χ0) is 13.4. The molecule has 1 aromatic rings. The third-order valence-electron chi connectivity index (χ3n) is 4.12. The number of aromatic nitrogens is 2. The van der Waals surface area contributed by atoms with Gasteiger partial charge in [-0.1, -0.05) is 0 Å². The fraction of sp³-hybridized carbons (Fsp3) is 0.692. The third-order valence-corrected chi connectivity index (χ3v) is 4.12. The van der Waals surface area contributed by atoms with Gasteiger partial charge in [0, 0.05) is 24.7 Å². The van der Waals surface area contributed by atoms with Crippen molar-refractivity contribution < 1.29 is 0 Å². The van der Waals surface area contributed by atoms with Crippen molar-refractivity contribution in [1.82, 2.24) is 15.3 Å². The van der Waals surface area contributed by atoms with E-state index in [0.29, 0.717) is 11.9 Å². The molecule has 0 spiro atoms. The molecule has 1 atom stereocenters. The molecule has 104 valence electrons. The fourth-order valence-corrected chi connectivity index (χ4v) is 2.76. The van der Waals surface area contributed by atoms with Crippen LogP contribution in [0.3, 0.4) is 0 Å². The van der Waals surface area contributed by atoms with E-state index in [1.807, 2.05) is 7.05 Å². The quantitative estimate of drug-likeness (QED) is 0.727. The highest BCUT2D eigenvalue weighted by molar-refractivity contribution is 5.60. The van der Waals surface area contributed by atoms with Gasteiger partial charge in [0.25, 0.3) is 0 Å². The molecule has 0 radical (unpaired) electrons. The fourth-order valence-electron chi connectivity index (χ4n) is 2.76. The standard InChI is InChI=1S/C13H22N6/c1-16-9-4-5-19(7-9)12-10(6-8-2-3-8)11(14)17-13(15)18-12/h8-9,16H,2-7H2,1H3,(H4,14,15,17,18)/t9-/m0/s1. The number of anilines is 3. The molecule has 2 aliphatic rings. The zero-order valence-electron chi connectivity index (χ0n) is 11.4. The Hall–Kier alpha value is -1.56. The van der Waals surface area contributed by atoms with E-state index in [2.05, 4.69) is 20.2 Å². The Balaban J connectivity index is 1.89. The first kappa shape index (κ1) is 12.5. The van der Waals surface area contributed by atoms with Gasteiger partial charge in [0.15, 0.2) is 0 Å². The molecule has 2 fully saturated rings. The molecule has 5 N–H and O–H groups in total. The third kappa shape index (κ3) is 2.58. The first-order chi connectivity index (χ1) is 9.17. The van der Waals surface area contributed by atoms with E-state index in [1.54, 1.807) is 0 Å². The lowest BCUT2D eigenvalue weighted by atomic mass is 10.1. The highest BCUT2D eigenvalue weighted by atomic mass is 15.3. The second kappa shape index (κ2) is 4.85. The number of rotatable bonds is 4. The van der Waals surface area contributed by atoms with E-state index in [0.717, 1.165) is 43.2 Å². The summed E-state index contributed by atoms with van der Waals surface area (Å²) >= 11 is 0. The maximum Gasteiger partial charge on any atom is 0.223 e. The second-order valence-corrected chi connectivity index (χ2v) is 5.64. The number of hydrogen-bond acceptors (Lipinski definition) is 6. The van der Waals surface area contributed by atoms with Gasteiger partial charge >= 0.3 is 0 Å². The van der Waals surface area contributed by atoms with Gasteiger partial charge in [-0.15, -0.1) is 0 Å². The Kier molecular flexibility index (Phi) is 3.18. The molecule has 19 heavy (non-hydrogen) atoms. The van der Waals surface area contributed by atoms with Crippen molar-refractivity contribution in [2.24, 2.45) is 5.92 Å². The van der Waals surface area contributed by atoms with Gasteiger partial charge < -0.3 is 21.7 Å². The van der Waals surface area contributed by atoms with Crippen molar-refractivity contribution in [2.45, 2.75) is 31.7 Å². The minimum absolute atomic E-state index is 0.278. The normalized spacial score (nSPS) is 23.0. The number of nitrogens with two attached hydrogens (primary N) is 2. The smallest absolute Gasteiger partial charge is 0.223 e. The van der Waals surface area contributed by atoms with E-state index in [4.69, 9.17) is 11.5 Å². The van der Waals surface area contributed by atoms with Crippen LogP contribution in [0.2, 0.25) is 0 Å². The maximum atomic E-state index is 6.06. The number of nitrogens with one attached hydrogen (secondary N) is 1. The molecule has 6 heteroatoms. The van der Waals surface area contributed by atoms with Crippen LogP contribution >= 0.6 is 0 Å². The van der Waals surface area contributed by atoms with Gasteiger partial charge in [0.05, 0.1) is 0 Å². The maximum absolute atomic E-state index is 6.06. The molecular weight excluding hydrogens is 240 g/mol. The van der Waals surface area contributed by atoms with Crippen molar-refractivity contribution in [3.05, 3.63) is 5.56 Å². The average molecular weight is 262 g/mol. The van der Waals surface area contributed by atoms with Crippen LogP contribution in [0.4, 0.5) is 17.6 Å². The summed E-state index contributed by atoms with van der Waals surface area (Å²) in [6, 6.07) is 0.520. The number of nitrogen functional groups attached to an aromatic ring is 2. The van der Waals surface area contributed by atoms with Gasteiger partial charge in [0.1, 0.15) is 11.6 Å². The SMILES string of the molecule is CN[C@H]1CCN(c2nc(N)nc(N)c2CC2CC2)C1. The Morgan fingerprint density at radius 3 is 2.68 bits per heavy atom. The topological polar surface area (TPSA) is 93.1 Å². The summed E-state index contributed by atoms with van der Waals surface area (Å²) in [6.45, 7) is 1.96. The Morgan fingerprint density at radius 2 is 2.05 bits per heavy atom. The molecule has 0 aromatic carbocycles. The molecule has 1 saturated carbocycles. The van der Waals surface area contributed by atoms with Crippen molar-refractivity contribution in [2.75, 3.05) is 36.5 Å². The highest BCUT2D eigenvalue weighted by Crippen LogP contribution is 2.37. The van der Waals surface area contributed by atoms with E-state index in [-0.39, 0.29) is 5.95 Å². The molecule has 1 saturated heterocycles. The summed E-state index contributed by atoms with van der Waals surface area (Å²) in [7, 11) is 2.00. The summed E-state index contributed by atoms with van der Waals surface area (Å²) < 4.78 is 0. The average Bonchev–Trinajstić information content (AvgIpc) is 3.06. The van der Waals surface area contributed by atoms with Crippen LogP contribution < -0.4 is 21.7 Å². The van der Waals surface area contributed by atoms with E-state index in [9.17, 15) is 0 Å². The first-order valence-corrected chi connectivity index (χ1v) is 7.01. The van der Waals surface area contributed by atoms with Crippen LogP contribution in [-0.4, -0.2) is 36.1 Å². The number of likely N-dealkylation sites (N-methyl/N-ethyl adjacent to an activating group) is 1. The molecule has 6 nitrogen and oxygen atoms in total. The van der Waals surface area contributed by atoms with Crippen LogP contribution in [0.25, 0.3) is 0 Å². The number of hydrogen-bond donors (Lipinski definition) is 3. The molecular formula is C13H22N6. The Labute approximate surface area is 113 Å². The first-order valence-electron chi connectivity index (χ1n) is 7.01. The minimum atomic E-state index is 0.278. The molecule has 2 heterocycles. The van der Waals surface area contributed by atoms with Gasteiger partial charge in [-0.2, -0.15) is 9.97 Å². The van der Waals surface area contributed by atoms with Gasteiger partial charge in [0.2, 0.25) is 5.95 Å². The van der Waals surface area contributed by atoms with Crippen molar-refractivity contribution >= 4 is 17.6 Å². The largest absolute Gasteiger partial charge is 0.383 e. The predicted molar refractivity (Wildman–Crippen MR) is 77.0 cm³/mol. The lowest BCUT2D eigenvalue weighted by Gasteiger charge is -2.22. The summed E-state index contributed by atoms with van der Waals surface area (Å²) in [5, 5.41) is 3.32.